The Labute approximate surface area is 111 Å². The third kappa shape index (κ3) is 16.0. The predicted octanol–water partition coefficient (Wildman–Crippen LogP) is 5.21. The van der Waals surface area contributed by atoms with Crippen molar-refractivity contribution in [1.82, 2.24) is 4.90 Å². The van der Waals surface area contributed by atoms with Crippen molar-refractivity contribution >= 4 is 0 Å². The van der Waals surface area contributed by atoms with E-state index in [1.54, 1.807) is 0 Å². The normalized spacial score (nSPS) is 14.1. The van der Waals surface area contributed by atoms with E-state index in [1.165, 1.54) is 38.5 Å². The molecule has 0 aromatic carbocycles. The highest BCUT2D eigenvalue weighted by molar-refractivity contribution is 4.60. The molecule has 0 aromatic heterocycles. The van der Waals surface area contributed by atoms with Crippen molar-refractivity contribution in [2.24, 2.45) is 11.8 Å². The van der Waals surface area contributed by atoms with Gasteiger partial charge in [-0.25, -0.2) is 0 Å². The van der Waals surface area contributed by atoms with E-state index in [2.05, 4.69) is 53.6 Å². The van der Waals surface area contributed by atoms with E-state index < -0.39 is 0 Å². The standard InChI is InChI=1S/C12H26.C4H11N/c1-5-7-8-9-10-12(4)11(3)6-2;1-4-5(2)3/h11-12H,5-10H2,1-4H3;4H2,1-3H3. The Morgan fingerprint density at radius 3 is 1.71 bits per heavy atom. The minimum Gasteiger partial charge on any atom is -0.310 e. The van der Waals surface area contributed by atoms with Crippen molar-refractivity contribution in [2.75, 3.05) is 20.6 Å². The summed E-state index contributed by atoms with van der Waals surface area (Å²) in [5, 5.41) is 0. The molecule has 0 saturated carbocycles. The monoisotopic (exact) mass is 243 g/mol. The summed E-state index contributed by atoms with van der Waals surface area (Å²) in [6.45, 7) is 12.6. The fourth-order valence-electron chi connectivity index (χ4n) is 1.58. The van der Waals surface area contributed by atoms with Crippen LogP contribution in [0, 0.1) is 11.8 Å². The van der Waals surface area contributed by atoms with E-state index in [0.717, 1.165) is 18.4 Å². The number of nitrogens with zero attached hydrogens (tertiary/aromatic N) is 1. The molecule has 2 atom stereocenters. The molecule has 1 nitrogen and oxygen atoms in total. The quantitative estimate of drug-likeness (QED) is 0.529. The van der Waals surface area contributed by atoms with Gasteiger partial charge in [0.2, 0.25) is 0 Å². The van der Waals surface area contributed by atoms with Gasteiger partial charge in [-0.2, -0.15) is 0 Å². The number of unbranched alkanes of at least 4 members (excludes halogenated alkanes) is 3. The average Bonchev–Trinajstić information content (AvgIpc) is 2.33. The minimum atomic E-state index is 0.923. The summed E-state index contributed by atoms with van der Waals surface area (Å²) in [7, 11) is 4.11. The van der Waals surface area contributed by atoms with Crippen LogP contribution in [-0.2, 0) is 0 Å². The zero-order valence-corrected chi connectivity index (χ0v) is 13.6. The van der Waals surface area contributed by atoms with E-state index >= 15 is 0 Å². The maximum atomic E-state index is 2.40. The summed E-state index contributed by atoms with van der Waals surface area (Å²) in [4.78, 5) is 2.12. The molecule has 0 aliphatic rings. The third-order valence-corrected chi connectivity index (χ3v) is 3.76. The van der Waals surface area contributed by atoms with Crippen molar-refractivity contribution in [3.05, 3.63) is 0 Å². The minimum absolute atomic E-state index is 0.923. The maximum Gasteiger partial charge on any atom is -0.00533 e. The number of hydrogen-bond donors (Lipinski definition) is 0. The average molecular weight is 243 g/mol. The Kier molecular flexibility index (Phi) is 15.9. The van der Waals surface area contributed by atoms with Crippen LogP contribution in [0.3, 0.4) is 0 Å². The largest absolute Gasteiger partial charge is 0.310 e. The van der Waals surface area contributed by atoms with Gasteiger partial charge in [0.15, 0.2) is 0 Å². The Bertz CT molecular complexity index is 131. The summed E-state index contributed by atoms with van der Waals surface area (Å²) >= 11 is 0. The van der Waals surface area contributed by atoms with E-state index in [-0.39, 0.29) is 0 Å². The Morgan fingerprint density at radius 2 is 1.35 bits per heavy atom. The second-order valence-corrected chi connectivity index (χ2v) is 5.61. The highest BCUT2D eigenvalue weighted by Gasteiger charge is 2.08. The number of rotatable bonds is 8. The first kappa shape index (κ1) is 19.3. The van der Waals surface area contributed by atoms with Crippen molar-refractivity contribution < 1.29 is 0 Å². The molecular formula is C16H37N. The third-order valence-electron chi connectivity index (χ3n) is 3.76. The molecule has 0 amide bonds. The van der Waals surface area contributed by atoms with Crippen LogP contribution in [-0.4, -0.2) is 25.5 Å². The molecule has 0 aliphatic carbocycles. The highest BCUT2D eigenvalue weighted by Crippen LogP contribution is 2.20. The molecule has 0 aliphatic heterocycles. The Balaban J connectivity index is 0. The van der Waals surface area contributed by atoms with Gasteiger partial charge < -0.3 is 4.90 Å². The lowest BCUT2D eigenvalue weighted by molar-refractivity contribution is 0.343. The smallest absolute Gasteiger partial charge is 0.00533 e. The summed E-state index contributed by atoms with van der Waals surface area (Å²) in [6, 6.07) is 0. The topological polar surface area (TPSA) is 3.24 Å². The van der Waals surface area contributed by atoms with Crippen LogP contribution in [0.1, 0.15) is 73.1 Å². The van der Waals surface area contributed by atoms with Crippen molar-refractivity contribution in [2.45, 2.75) is 73.1 Å². The fourth-order valence-corrected chi connectivity index (χ4v) is 1.58. The highest BCUT2D eigenvalue weighted by atomic mass is 15.0. The molecule has 0 heterocycles. The molecule has 0 aromatic rings. The molecule has 0 rings (SSSR count). The zero-order valence-electron chi connectivity index (χ0n) is 13.6. The first-order valence-electron chi connectivity index (χ1n) is 7.64. The molecule has 0 radical (unpaired) electrons. The van der Waals surface area contributed by atoms with Crippen molar-refractivity contribution in [1.29, 1.82) is 0 Å². The van der Waals surface area contributed by atoms with Gasteiger partial charge in [-0.15, -0.1) is 0 Å². The molecule has 0 bridgehead atoms. The van der Waals surface area contributed by atoms with Gasteiger partial charge in [0.05, 0.1) is 0 Å². The SMILES string of the molecule is CCCCCCC(C)C(C)CC.CCN(C)C. The van der Waals surface area contributed by atoms with E-state index in [9.17, 15) is 0 Å². The van der Waals surface area contributed by atoms with Gasteiger partial charge in [-0.3, -0.25) is 0 Å². The molecule has 1 heteroatoms. The van der Waals surface area contributed by atoms with Crippen LogP contribution >= 0.6 is 0 Å². The second-order valence-electron chi connectivity index (χ2n) is 5.61. The first-order chi connectivity index (χ1) is 7.99. The summed E-state index contributed by atoms with van der Waals surface area (Å²) in [6.07, 6.45) is 8.45. The molecule has 106 valence electrons. The summed E-state index contributed by atoms with van der Waals surface area (Å²) < 4.78 is 0. The first-order valence-corrected chi connectivity index (χ1v) is 7.64. The second kappa shape index (κ2) is 14.0. The Morgan fingerprint density at radius 1 is 0.824 bits per heavy atom. The molecule has 0 N–H and O–H groups in total. The van der Waals surface area contributed by atoms with Crippen LogP contribution in [0.4, 0.5) is 0 Å². The van der Waals surface area contributed by atoms with Crippen LogP contribution in [0.2, 0.25) is 0 Å². The molecule has 0 fully saturated rings. The predicted molar refractivity (Wildman–Crippen MR) is 81.6 cm³/mol. The molecule has 0 saturated heterocycles. The van der Waals surface area contributed by atoms with Gasteiger partial charge in [0.1, 0.15) is 0 Å². The van der Waals surface area contributed by atoms with E-state index in [4.69, 9.17) is 0 Å². The van der Waals surface area contributed by atoms with Gasteiger partial charge in [-0.1, -0.05) is 73.1 Å². The van der Waals surface area contributed by atoms with Crippen LogP contribution in [0.15, 0.2) is 0 Å². The van der Waals surface area contributed by atoms with Crippen LogP contribution in [0.5, 0.6) is 0 Å². The number of hydrogen-bond acceptors (Lipinski definition) is 1. The molecule has 0 spiro atoms. The molecule has 17 heavy (non-hydrogen) atoms. The summed E-state index contributed by atoms with van der Waals surface area (Å²) in [5.74, 6) is 1.86. The Hall–Kier alpha value is -0.0400. The zero-order chi connectivity index (χ0) is 13.7. The lowest BCUT2D eigenvalue weighted by atomic mass is 9.89. The fraction of sp³-hybridized carbons (Fsp3) is 1.00. The summed E-state index contributed by atoms with van der Waals surface area (Å²) in [5.41, 5.74) is 0. The van der Waals surface area contributed by atoms with Gasteiger partial charge in [0.25, 0.3) is 0 Å². The van der Waals surface area contributed by atoms with Crippen molar-refractivity contribution in [3.8, 4) is 0 Å². The molecule has 2 unspecified atom stereocenters. The maximum absolute atomic E-state index is 2.40. The van der Waals surface area contributed by atoms with Crippen molar-refractivity contribution in [3.63, 3.8) is 0 Å². The van der Waals surface area contributed by atoms with E-state index in [1.807, 2.05) is 0 Å². The van der Waals surface area contributed by atoms with Gasteiger partial charge >= 0.3 is 0 Å². The van der Waals surface area contributed by atoms with Gasteiger partial charge in [0, 0.05) is 0 Å². The van der Waals surface area contributed by atoms with Gasteiger partial charge in [-0.05, 0) is 32.5 Å². The van der Waals surface area contributed by atoms with Crippen LogP contribution < -0.4 is 0 Å². The molecular weight excluding hydrogens is 206 g/mol. The van der Waals surface area contributed by atoms with E-state index in [0.29, 0.717) is 0 Å². The van der Waals surface area contributed by atoms with Crippen LogP contribution in [0.25, 0.3) is 0 Å². The lowest BCUT2D eigenvalue weighted by Crippen LogP contribution is -2.08. The lowest BCUT2D eigenvalue weighted by Gasteiger charge is -2.17.